The van der Waals surface area contributed by atoms with E-state index in [2.05, 4.69) is 9.73 Å². The van der Waals surface area contributed by atoms with Gasteiger partial charge in [0.1, 0.15) is 0 Å². The third kappa shape index (κ3) is 3.55. The van der Waals surface area contributed by atoms with Gasteiger partial charge < -0.3 is 15.6 Å². The van der Waals surface area contributed by atoms with Gasteiger partial charge in [0.2, 0.25) is 0 Å². The number of methoxy groups -OCH3 is 1. The maximum absolute atomic E-state index is 10.6. The summed E-state index contributed by atoms with van der Waals surface area (Å²) in [4.78, 5) is 24.3. The Labute approximate surface area is 69.0 Å². The van der Waals surface area contributed by atoms with Gasteiger partial charge in [-0.25, -0.2) is 4.79 Å². The number of nitrogens with two attached hydrogens (primary N) is 1. The van der Waals surface area contributed by atoms with Crippen LogP contribution in [0.15, 0.2) is 4.99 Å². The highest BCUT2D eigenvalue weighted by Crippen LogP contribution is 1.98. The zero-order chi connectivity index (χ0) is 9.56. The van der Waals surface area contributed by atoms with E-state index < -0.39 is 18.0 Å². The van der Waals surface area contributed by atoms with E-state index in [4.69, 9.17) is 10.8 Å². The molecule has 0 aliphatic heterocycles. The van der Waals surface area contributed by atoms with Crippen LogP contribution < -0.4 is 5.73 Å². The number of rotatable bonds is 4. The van der Waals surface area contributed by atoms with Crippen molar-refractivity contribution < 1.29 is 19.4 Å². The highest BCUT2D eigenvalue weighted by molar-refractivity contribution is 5.82. The highest BCUT2D eigenvalue weighted by Gasteiger charge is 2.19. The Morgan fingerprint density at radius 2 is 2.33 bits per heavy atom. The summed E-state index contributed by atoms with van der Waals surface area (Å²) in [5.74, 6) is -1.84. The highest BCUT2D eigenvalue weighted by atomic mass is 16.5. The molecule has 0 aromatic heterocycles. The first-order chi connectivity index (χ1) is 5.61. The van der Waals surface area contributed by atoms with Crippen LogP contribution in [-0.2, 0) is 14.3 Å². The van der Waals surface area contributed by atoms with Crippen LogP contribution in [0.2, 0.25) is 0 Å². The largest absolute Gasteiger partial charge is 0.480 e. The molecule has 0 saturated heterocycles. The molecule has 0 saturated carbocycles. The molecule has 0 aliphatic carbocycles. The van der Waals surface area contributed by atoms with Crippen LogP contribution in [0.25, 0.3) is 0 Å². The molecule has 1 atom stereocenters. The Morgan fingerprint density at radius 1 is 1.75 bits per heavy atom. The summed E-state index contributed by atoms with van der Waals surface area (Å²) in [7, 11) is 1.17. The van der Waals surface area contributed by atoms with E-state index in [0.717, 1.165) is 6.34 Å². The van der Waals surface area contributed by atoms with E-state index in [9.17, 15) is 9.59 Å². The molecule has 0 spiro atoms. The van der Waals surface area contributed by atoms with Crippen LogP contribution in [0.5, 0.6) is 0 Å². The monoisotopic (exact) mass is 174 g/mol. The lowest BCUT2D eigenvalue weighted by Gasteiger charge is -2.03. The number of hydrogen-bond acceptors (Lipinski definition) is 4. The molecule has 0 radical (unpaired) electrons. The van der Waals surface area contributed by atoms with E-state index in [1.807, 2.05) is 0 Å². The fourth-order valence-electron chi connectivity index (χ4n) is 0.549. The number of carboxylic acid groups (broad SMARTS) is 1. The van der Waals surface area contributed by atoms with Crippen molar-refractivity contribution in [2.45, 2.75) is 12.5 Å². The molecule has 0 unspecified atom stereocenters. The molecule has 0 heterocycles. The van der Waals surface area contributed by atoms with Crippen molar-refractivity contribution in [1.82, 2.24) is 0 Å². The quantitative estimate of drug-likeness (QED) is 0.323. The fourth-order valence-corrected chi connectivity index (χ4v) is 0.549. The number of nitrogens with zero attached hydrogens (tertiary/aromatic N) is 1. The number of carbonyl (C=O) groups is 2. The maximum atomic E-state index is 10.6. The molecule has 0 bridgehead atoms. The van der Waals surface area contributed by atoms with Gasteiger partial charge in [-0.2, -0.15) is 0 Å². The molecule has 0 aliphatic rings. The van der Waals surface area contributed by atoms with Gasteiger partial charge in [0.05, 0.1) is 19.9 Å². The third-order valence-corrected chi connectivity index (χ3v) is 1.14. The summed E-state index contributed by atoms with van der Waals surface area (Å²) in [6.45, 7) is 0. The van der Waals surface area contributed by atoms with Crippen LogP contribution in [0.1, 0.15) is 6.42 Å². The van der Waals surface area contributed by atoms with E-state index in [-0.39, 0.29) is 6.42 Å². The lowest BCUT2D eigenvalue weighted by Crippen LogP contribution is -2.23. The van der Waals surface area contributed by atoms with Crippen molar-refractivity contribution in [3.8, 4) is 0 Å². The minimum absolute atomic E-state index is 0.306. The summed E-state index contributed by atoms with van der Waals surface area (Å²) in [5, 5.41) is 8.47. The van der Waals surface area contributed by atoms with E-state index in [1.165, 1.54) is 7.11 Å². The van der Waals surface area contributed by atoms with Crippen LogP contribution in [0.3, 0.4) is 0 Å². The summed E-state index contributed by atoms with van der Waals surface area (Å²) < 4.78 is 4.26. The summed E-state index contributed by atoms with van der Waals surface area (Å²) in [5.41, 5.74) is 4.88. The van der Waals surface area contributed by atoms with Crippen molar-refractivity contribution in [2.24, 2.45) is 10.7 Å². The van der Waals surface area contributed by atoms with Crippen molar-refractivity contribution in [1.29, 1.82) is 0 Å². The smallest absolute Gasteiger partial charge is 0.329 e. The van der Waals surface area contributed by atoms with Crippen LogP contribution >= 0.6 is 0 Å². The molecule has 6 heteroatoms. The first kappa shape index (κ1) is 10.4. The Bertz CT molecular complexity index is 202. The number of aliphatic imine (C=N–C) groups is 1. The SMILES string of the molecule is COC(=O)C[C@H](N=CN)C(=O)O. The van der Waals surface area contributed by atoms with Gasteiger partial charge in [-0.1, -0.05) is 0 Å². The zero-order valence-corrected chi connectivity index (χ0v) is 6.56. The van der Waals surface area contributed by atoms with Crippen LogP contribution in [-0.4, -0.2) is 36.5 Å². The lowest BCUT2D eigenvalue weighted by atomic mass is 10.2. The van der Waals surface area contributed by atoms with Crippen LogP contribution in [0.4, 0.5) is 0 Å². The molecular formula is C6H10N2O4. The van der Waals surface area contributed by atoms with Crippen molar-refractivity contribution >= 4 is 18.3 Å². The molecule has 0 amide bonds. The first-order valence-electron chi connectivity index (χ1n) is 3.14. The molecule has 0 aromatic rings. The lowest BCUT2D eigenvalue weighted by molar-refractivity contribution is -0.146. The van der Waals surface area contributed by atoms with Crippen molar-refractivity contribution in [2.75, 3.05) is 7.11 Å². The Balaban J connectivity index is 4.13. The molecule has 0 fully saturated rings. The molecule has 68 valence electrons. The topological polar surface area (TPSA) is 102 Å². The number of hydrogen-bond donors (Lipinski definition) is 2. The summed E-state index contributed by atoms with van der Waals surface area (Å²) in [6, 6.07) is -1.15. The van der Waals surface area contributed by atoms with Gasteiger partial charge in [0.15, 0.2) is 6.04 Å². The summed E-state index contributed by atoms with van der Waals surface area (Å²) >= 11 is 0. The zero-order valence-electron chi connectivity index (χ0n) is 6.56. The second-order valence-electron chi connectivity index (χ2n) is 1.93. The average molecular weight is 174 g/mol. The second-order valence-corrected chi connectivity index (χ2v) is 1.93. The van der Waals surface area contributed by atoms with E-state index >= 15 is 0 Å². The number of carbonyl (C=O) groups excluding carboxylic acids is 1. The Kier molecular flexibility index (Phi) is 4.43. The van der Waals surface area contributed by atoms with Crippen LogP contribution in [0, 0.1) is 0 Å². The minimum Gasteiger partial charge on any atom is -0.480 e. The maximum Gasteiger partial charge on any atom is 0.329 e. The fraction of sp³-hybridized carbons (Fsp3) is 0.500. The first-order valence-corrected chi connectivity index (χ1v) is 3.14. The van der Waals surface area contributed by atoms with Gasteiger partial charge in [-0.15, -0.1) is 0 Å². The number of ether oxygens (including phenoxy) is 1. The average Bonchev–Trinajstić information content (AvgIpc) is 2.03. The summed E-state index contributed by atoms with van der Waals surface area (Å²) in [6.07, 6.45) is 0.543. The molecule has 0 rings (SSSR count). The predicted molar refractivity (Wildman–Crippen MR) is 40.7 cm³/mol. The normalized spacial score (nSPS) is 12.8. The van der Waals surface area contributed by atoms with Gasteiger partial charge in [-0.05, 0) is 0 Å². The standard InChI is InChI=1S/C6H10N2O4/c1-12-5(9)2-4(6(10)11)8-3-7/h3-4H,2H2,1H3,(H2,7,8)(H,10,11)/t4-/m0/s1. The van der Waals surface area contributed by atoms with Gasteiger partial charge in [-0.3, -0.25) is 9.79 Å². The number of esters is 1. The van der Waals surface area contributed by atoms with Crippen molar-refractivity contribution in [3.05, 3.63) is 0 Å². The Hall–Kier alpha value is -1.59. The molecule has 6 nitrogen and oxygen atoms in total. The molecular weight excluding hydrogens is 164 g/mol. The van der Waals surface area contributed by atoms with Gasteiger partial charge in [0, 0.05) is 0 Å². The number of aliphatic carboxylic acids is 1. The third-order valence-electron chi connectivity index (χ3n) is 1.14. The van der Waals surface area contributed by atoms with Gasteiger partial charge >= 0.3 is 11.9 Å². The number of carboxylic acids is 1. The van der Waals surface area contributed by atoms with E-state index in [1.54, 1.807) is 0 Å². The molecule has 12 heavy (non-hydrogen) atoms. The molecule has 3 N–H and O–H groups in total. The van der Waals surface area contributed by atoms with Crippen molar-refractivity contribution in [3.63, 3.8) is 0 Å². The predicted octanol–water partition coefficient (Wildman–Crippen LogP) is -1.01. The minimum atomic E-state index is -1.21. The molecule has 0 aromatic carbocycles. The van der Waals surface area contributed by atoms with Gasteiger partial charge in [0.25, 0.3) is 0 Å². The van der Waals surface area contributed by atoms with E-state index in [0.29, 0.717) is 0 Å². The Morgan fingerprint density at radius 3 is 2.67 bits per heavy atom. The second kappa shape index (κ2) is 5.11.